The topological polar surface area (TPSA) is 95.4 Å². The highest BCUT2D eigenvalue weighted by Gasteiger charge is 2.11. The van der Waals surface area contributed by atoms with Gasteiger partial charge in [0.1, 0.15) is 0 Å². The first-order valence-electron chi connectivity index (χ1n) is 4.78. The maximum absolute atomic E-state index is 11.0. The fourth-order valence-electron chi connectivity index (χ4n) is 0.818. The van der Waals surface area contributed by atoms with Crippen LogP contribution < -0.4 is 11.5 Å². The first-order valence-corrected chi connectivity index (χ1v) is 4.78. The maximum Gasteiger partial charge on any atom is 0.305 e. The highest BCUT2D eigenvalue weighted by Crippen LogP contribution is 1.98. The summed E-state index contributed by atoms with van der Waals surface area (Å²) in [6, 6.07) is -0.756. The van der Waals surface area contributed by atoms with Crippen molar-refractivity contribution in [2.24, 2.45) is 11.5 Å². The molecule has 0 aliphatic carbocycles. The van der Waals surface area contributed by atoms with Crippen molar-refractivity contribution in [3.8, 4) is 0 Å². The Morgan fingerprint density at radius 1 is 1.43 bits per heavy atom. The normalized spacial score (nSPS) is 12.1. The molecule has 5 nitrogen and oxygen atoms in total. The van der Waals surface area contributed by atoms with E-state index in [2.05, 4.69) is 0 Å². The molecule has 4 N–H and O–H groups in total. The van der Waals surface area contributed by atoms with E-state index in [0.29, 0.717) is 6.61 Å². The van der Waals surface area contributed by atoms with Gasteiger partial charge in [0.15, 0.2) is 0 Å². The third-order valence-electron chi connectivity index (χ3n) is 1.79. The van der Waals surface area contributed by atoms with Crippen molar-refractivity contribution in [2.75, 3.05) is 6.61 Å². The number of nitrogens with two attached hydrogens (primary N) is 2. The number of ether oxygens (including phenoxy) is 1. The average Bonchev–Trinajstić information content (AvgIpc) is 2.14. The Hall–Kier alpha value is -1.10. The molecule has 0 aromatic rings. The van der Waals surface area contributed by atoms with Crippen LogP contribution in [0.15, 0.2) is 0 Å². The third-order valence-corrected chi connectivity index (χ3v) is 1.79. The van der Waals surface area contributed by atoms with Crippen LogP contribution in [0.5, 0.6) is 0 Å². The number of hydrogen-bond acceptors (Lipinski definition) is 4. The van der Waals surface area contributed by atoms with Gasteiger partial charge in [0.25, 0.3) is 0 Å². The van der Waals surface area contributed by atoms with E-state index in [1.807, 2.05) is 6.92 Å². The van der Waals surface area contributed by atoms with Crippen LogP contribution in [-0.4, -0.2) is 24.5 Å². The third kappa shape index (κ3) is 6.42. The lowest BCUT2D eigenvalue weighted by atomic mass is 10.1. The molecule has 1 atom stereocenters. The SMILES string of the molecule is CCCCOC(=O)CCC(N)C(N)=O. The Balaban J connectivity index is 3.48. The number of unbranched alkanes of at least 4 members (excludes halogenated alkanes) is 1. The van der Waals surface area contributed by atoms with E-state index in [9.17, 15) is 9.59 Å². The van der Waals surface area contributed by atoms with Gasteiger partial charge in [0.05, 0.1) is 12.6 Å². The molecule has 0 saturated carbocycles. The van der Waals surface area contributed by atoms with Gasteiger partial charge >= 0.3 is 5.97 Å². The molecule has 0 saturated heterocycles. The van der Waals surface area contributed by atoms with Gasteiger partial charge in [-0.2, -0.15) is 0 Å². The van der Waals surface area contributed by atoms with Gasteiger partial charge in [-0.3, -0.25) is 9.59 Å². The van der Waals surface area contributed by atoms with E-state index < -0.39 is 11.9 Å². The Labute approximate surface area is 83.8 Å². The lowest BCUT2D eigenvalue weighted by Gasteiger charge is -2.06. The monoisotopic (exact) mass is 202 g/mol. The van der Waals surface area contributed by atoms with Crippen molar-refractivity contribution in [1.29, 1.82) is 0 Å². The number of primary amides is 1. The van der Waals surface area contributed by atoms with Crippen LogP contribution in [0.1, 0.15) is 32.6 Å². The summed E-state index contributed by atoms with van der Waals surface area (Å²) in [6.07, 6.45) is 2.23. The van der Waals surface area contributed by atoms with Gasteiger partial charge in [0, 0.05) is 6.42 Å². The van der Waals surface area contributed by atoms with Crippen molar-refractivity contribution in [3.63, 3.8) is 0 Å². The first-order chi connectivity index (χ1) is 6.57. The number of esters is 1. The molecule has 0 aromatic heterocycles. The second-order valence-corrected chi connectivity index (χ2v) is 3.12. The Morgan fingerprint density at radius 2 is 2.07 bits per heavy atom. The fraction of sp³-hybridized carbons (Fsp3) is 0.778. The largest absolute Gasteiger partial charge is 0.466 e. The molecule has 0 aliphatic rings. The average molecular weight is 202 g/mol. The molecule has 14 heavy (non-hydrogen) atoms. The van der Waals surface area contributed by atoms with Gasteiger partial charge in [0.2, 0.25) is 5.91 Å². The van der Waals surface area contributed by atoms with E-state index in [0.717, 1.165) is 12.8 Å². The second-order valence-electron chi connectivity index (χ2n) is 3.12. The van der Waals surface area contributed by atoms with Crippen molar-refractivity contribution >= 4 is 11.9 Å². The van der Waals surface area contributed by atoms with Gasteiger partial charge in [-0.25, -0.2) is 0 Å². The number of hydrogen-bond donors (Lipinski definition) is 2. The van der Waals surface area contributed by atoms with Crippen molar-refractivity contribution < 1.29 is 14.3 Å². The zero-order chi connectivity index (χ0) is 11.0. The zero-order valence-electron chi connectivity index (χ0n) is 8.49. The zero-order valence-corrected chi connectivity index (χ0v) is 8.49. The van der Waals surface area contributed by atoms with E-state index in [1.54, 1.807) is 0 Å². The van der Waals surface area contributed by atoms with Crippen LogP contribution in [0.4, 0.5) is 0 Å². The molecule has 0 aliphatic heterocycles. The lowest BCUT2D eigenvalue weighted by Crippen LogP contribution is -2.36. The molecule has 0 spiro atoms. The van der Waals surface area contributed by atoms with E-state index >= 15 is 0 Å². The maximum atomic E-state index is 11.0. The first kappa shape index (κ1) is 12.9. The van der Waals surface area contributed by atoms with Gasteiger partial charge in [-0.15, -0.1) is 0 Å². The molecule has 5 heteroatoms. The van der Waals surface area contributed by atoms with Crippen LogP contribution in [-0.2, 0) is 14.3 Å². The minimum absolute atomic E-state index is 0.147. The van der Waals surface area contributed by atoms with Crippen LogP contribution >= 0.6 is 0 Å². The van der Waals surface area contributed by atoms with Crippen molar-refractivity contribution in [3.05, 3.63) is 0 Å². The van der Waals surface area contributed by atoms with Gasteiger partial charge in [-0.05, 0) is 12.8 Å². The number of amides is 1. The molecule has 0 radical (unpaired) electrons. The smallest absolute Gasteiger partial charge is 0.305 e. The lowest BCUT2D eigenvalue weighted by molar-refractivity contribution is -0.144. The summed E-state index contributed by atoms with van der Waals surface area (Å²) in [6.45, 7) is 2.44. The fourth-order valence-corrected chi connectivity index (χ4v) is 0.818. The standard InChI is InChI=1S/C9H18N2O3/c1-2-3-6-14-8(12)5-4-7(10)9(11)13/h7H,2-6,10H2,1H3,(H2,11,13). The predicted octanol–water partition coefficient (Wildman–Crippen LogP) is -0.0775. The number of carbonyl (C=O) groups is 2. The van der Waals surface area contributed by atoms with Crippen LogP contribution in [0.2, 0.25) is 0 Å². The summed E-state index contributed by atoms with van der Waals surface area (Å²) in [7, 11) is 0. The highest BCUT2D eigenvalue weighted by atomic mass is 16.5. The Kier molecular flexibility index (Phi) is 6.74. The molecular weight excluding hydrogens is 184 g/mol. The Bertz CT molecular complexity index is 194. The molecule has 0 heterocycles. The Morgan fingerprint density at radius 3 is 2.57 bits per heavy atom. The van der Waals surface area contributed by atoms with Gasteiger partial charge < -0.3 is 16.2 Å². The second kappa shape index (κ2) is 7.32. The molecule has 0 bridgehead atoms. The number of rotatable bonds is 7. The molecule has 1 amide bonds. The quantitative estimate of drug-likeness (QED) is 0.446. The summed E-state index contributed by atoms with van der Waals surface area (Å²) < 4.78 is 4.87. The van der Waals surface area contributed by atoms with E-state index in [1.165, 1.54) is 0 Å². The van der Waals surface area contributed by atoms with Crippen LogP contribution in [0, 0.1) is 0 Å². The van der Waals surface area contributed by atoms with Crippen molar-refractivity contribution in [1.82, 2.24) is 0 Å². The summed E-state index contributed by atoms with van der Waals surface area (Å²) >= 11 is 0. The molecular formula is C9H18N2O3. The summed E-state index contributed by atoms with van der Waals surface area (Å²) in [4.78, 5) is 21.5. The highest BCUT2D eigenvalue weighted by molar-refractivity contribution is 5.80. The van der Waals surface area contributed by atoms with E-state index in [-0.39, 0.29) is 18.8 Å². The summed E-state index contributed by atoms with van der Waals surface area (Å²) in [5.74, 6) is -0.915. The van der Waals surface area contributed by atoms with Crippen LogP contribution in [0.3, 0.4) is 0 Å². The number of carbonyl (C=O) groups excluding carboxylic acids is 2. The molecule has 0 fully saturated rings. The minimum Gasteiger partial charge on any atom is -0.466 e. The van der Waals surface area contributed by atoms with Gasteiger partial charge in [-0.1, -0.05) is 13.3 Å². The minimum atomic E-state index is -0.756. The van der Waals surface area contributed by atoms with Crippen molar-refractivity contribution in [2.45, 2.75) is 38.6 Å². The molecule has 1 unspecified atom stereocenters. The van der Waals surface area contributed by atoms with Crippen LogP contribution in [0.25, 0.3) is 0 Å². The molecule has 0 aromatic carbocycles. The molecule has 0 rings (SSSR count). The molecule has 82 valence electrons. The predicted molar refractivity (Wildman–Crippen MR) is 52.3 cm³/mol. The van der Waals surface area contributed by atoms with E-state index in [4.69, 9.17) is 16.2 Å². The summed E-state index contributed by atoms with van der Waals surface area (Å²) in [5.41, 5.74) is 10.3. The summed E-state index contributed by atoms with van der Waals surface area (Å²) in [5, 5.41) is 0.